The average Bonchev–Trinajstić information content (AvgIpc) is 2.76. The van der Waals surface area contributed by atoms with Crippen LogP contribution in [0.15, 0.2) is 21.5 Å². The summed E-state index contributed by atoms with van der Waals surface area (Å²) in [6.45, 7) is 4.56. The number of aromatic nitrogens is 3. The molecule has 17 heavy (non-hydrogen) atoms. The van der Waals surface area contributed by atoms with Gasteiger partial charge >= 0.3 is 0 Å². The number of nitrogens with two attached hydrogens (primary N) is 1. The summed E-state index contributed by atoms with van der Waals surface area (Å²) in [7, 11) is 0. The van der Waals surface area contributed by atoms with Gasteiger partial charge in [0.1, 0.15) is 10.9 Å². The number of hydrogen-bond donors (Lipinski definition) is 1. The highest BCUT2D eigenvalue weighted by Crippen LogP contribution is 2.28. The van der Waals surface area contributed by atoms with Crippen molar-refractivity contribution >= 4 is 23.3 Å². The molecule has 0 saturated carbocycles. The molecule has 2 rings (SSSR count). The van der Waals surface area contributed by atoms with Crippen molar-refractivity contribution in [2.45, 2.75) is 36.2 Å². The smallest absolute Gasteiger partial charge is 0.176 e. The SMILES string of the molecule is CCc1nsc(Sc2cc(CN)cc(C)n2)n1. The van der Waals surface area contributed by atoms with E-state index in [1.807, 2.05) is 26.0 Å². The monoisotopic (exact) mass is 266 g/mol. The Morgan fingerprint density at radius 3 is 2.82 bits per heavy atom. The average molecular weight is 266 g/mol. The van der Waals surface area contributed by atoms with Crippen molar-refractivity contribution < 1.29 is 0 Å². The Morgan fingerprint density at radius 2 is 2.18 bits per heavy atom. The fourth-order valence-electron chi connectivity index (χ4n) is 1.39. The van der Waals surface area contributed by atoms with E-state index < -0.39 is 0 Å². The molecule has 6 heteroatoms. The molecule has 0 radical (unpaired) electrons. The highest BCUT2D eigenvalue weighted by atomic mass is 32.2. The molecular weight excluding hydrogens is 252 g/mol. The Kier molecular flexibility index (Phi) is 4.09. The van der Waals surface area contributed by atoms with E-state index in [1.54, 1.807) is 11.8 Å². The van der Waals surface area contributed by atoms with Crippen LogP contribution in [0, 0.1) is 6.92 Å². The zero-order chi connectivity index (χ0) is 12.3. The van der Waals surface area contributed by atoms with Crippen LogP contribution in [-0.4, -0.2) is 14.3 Å². The lowest BCUT2D eigenvalue weighted by Gasteiger charge is -2.02. The van der Waals surface area contributed by atoms with E-state index in [4.69, 9.17) is 5.73 Å². The lowest BCUT2D eigenvalue weighted by atomic mass is 10.2. The molecule has 0 aliphatic heterocycles. The predicted octanol–water partition coefficient (Wildman–Crippen LogP) is 2.41. The predicted molar refractivity (Wildman–Crippen MR) is 70.3 cm³/mol. The van der Waals surface area contributed by atoms with Gasteiger partial charge in [-0.3, -0.25) is 0 Å². The largest absolute Gasteiger partial charge is 0.326 e. The third kappa shape index (κ3) is 3.24. The molecule has 4 nitrogen and oxygen atoms in total. The van der Waals surface area contributed by atoms with Crippen molar-refractivity contribution in [2.75, 3.05) is 0 Å². The zero-order valence-corrected chi connectivity index (χ0v) is 11.4. The van der Waals surface area contributed by atoms with Crippen LogP contribution in [0.2, 0.25) is 0 Å². The lowest BCUT2D eigenvalue weighted by molar-refractivity contribution is 0.964. The second-order valence-electron chi connectivity index (χ2n) is 3.59. The molecule has 0 fully saturated rings. The molecular formula is C11H14N4S2. The summed E-state index contributed by atoms with van der Waals surface area (Å²) in [6.07, 6.45) is 0.867. The maximum absolute atomic E-state index is 5.64. The van der Waals surface area contributed by atoms with Gasteiger partial charge in [0.05, 0.1) is 0 Å². The maximum atomic E-state index is 5.64. The van der Waals surface area contributed by atoms with Gasteiger partial charge in [-0.05, 0) is 47.9 Å². The van der Waals surface area contributed by atoms with Crippen LogP contribution in [0.4, 0.5) is 0 Å². The molecule has 90 valence electrons. The van der Waals surface area contributed by atoms with Crippen LogP contribution in [-0.2, 0) is 13.0 Å². The van der Waals surface area contributed by atoms with Gasteiger partial charge < -0.3 is 5.73 Å². The quantitative estimate of drug-likeness (QED) is 0.920. The van der Waals surface area contributed by atoms with E-state index >= 15 is 0 Å². The third-order valence-corrected chi connectivity index (χ3v) is 3.89. The molecule has 2 aromatic heterocycles. The molecule has 0 aliphatic carbocycles. The Labute approximate surface area is 109 Å². The Bertz CT molecular complexity index is 510. The summed E-state index contributed by atoms with van der Waals surface area (Å²) >= 11 is 2.96. The molecule has 0 unspecified atom stereocenters. The minimum atomic E-state index is 0.535. The second-order valence-corrected chi connectivity index (χ2v) is 5.61. The maximum Gasteiger partial charge on any atom is 0.176 e. The fraction of sp³-hybridized carbons (Fsp3) is 0.364. The Hall–Kier alpha value is -0.980. The summed E-state index contributed by atoms with van der Waals surface area (Å²) in [4.78, 5) is 8.87. The van der Waals surface area contributed by atoms with Crippen molar-refractivity contribution in [3.05, 3.63) is 29.2 Å². The molecule has 0 atom stereocenters. The number of hydrogen-bond acceptors (Lipinski definition) is 6. The molecule has 0 spiro atoms. The van der Waals surface area contributed by atoms with Crippen LogP contribution in [0.25, 0.3) is 0 Å². The van der Waals surface area contributed by atoms with Gasteiger partial charge in [-0.1, -0.05) is 6.92 Å². The molecule has 0 bridgehead atoms. The van der Waals surface area contributed by atoms with E-state index in [0.717, 1.165) is 32.9 Å². The van der Waals surface area contributed by atoms with Gasteiger partial charge in [-0.2, -0.15) is 4.37 Å². The molecule has 2 aromatic rings. The summed E-state index contributed by atoms with van der Waals surface area (Å²) in [5.41, 5.74) is 7.72. The lowest BCUT2D eigenvalue weighted by Crippen LogP contribution is -1.98. The van der Waals surface area contributed by atoms with E-state index in [0.29, 0.717) is 6.54 Å². The van der Waals surface area contributed by atoms with Crippen molar-refractivity contribution in [3.8, 4) is 0 Å². The first kappa shape index (κ1) is 12.5. The van der Waals surface area contributed by atoms with Gasteiger partial charge in [0.15, 0.2) is 4.34 Å². The number of aryl methyl sites for hydroxylation is 2. The first-order valence-electron chi connectivity index (χ1n) is 5.39. The zero-order valence-electron chi connectivity index (χ0n) is 9.80. The molecule has 0 aromatic carbocycles. The molecule has 2 heterocycles. The second kappa shape index (κ2) is 5.57. The van der Waals surface area contributed by atoms with E-state index in [-0.39, 0.29) is 0 Å². The van der Waals surface area contributed by atoms with Crippen molar-refractivity contribution in [3.63, 3.8) is 0 Å². The number of nitrogens with zero attached hydrogens (tertiary/aromatic N) is 3. The number of rotatable bonds is 4. The Morgan fingerprint density at radius 1 is 1.35 bits per heavy atom. The third-order valence-electron chi connectivity index (χ3n) is 2.18. The van der Waals surface area contributed by atoms with Crippen LogP contribution in [0.5, 0.6) is 0 Å². The highest BCUT2D eigenvalue weighted by Gasteiger charge is 2.07. The van der Waals surface area contributed by atoms with Crippen LogP contribution in [0.1, 0.15) is 24.0 Å². The topological polar surface area (TPSA) is 64.7 Å². The molecule has 0 amide bonds. The molecule has 0 aliphatic rings. The summed E-state index contributed by atoms with van der Waals surface area (Å²) in [5.74, 6) is 0.893. The van der Waals surface area contributed by atoms with Crippen molar-refractivity contribution in [2.24, 2.45) is 5.73 Å². The first-order valence-corrected chi connectivity index (χ1v) is 6.98. The molecule has 0 saturated heterocycles. The van der Waals surface area contributed by atoms with E-state index in [9.17, 15) is 0 Å². The minimum absolute atomic E-state index is 0.535. The van der Waals surface area contributed by atoms with Gasteiger partial charge in [0.2, 0.25) is 0 Å². The summed E-state index contributed by atoms with van der Waals surface area (Å²) in [5, 5.41) is 0.934. The van der Waals surface area contributed by atoms with Gasteiger partial charge in [0.25, 0.3) is 0 Å². The van der Waals surface area contributed by atoms with Crippen LogP contribution < -0.4 is 5.73 Å². The molecule has 2 N–H and O–H groups in total. The number of pyridine rings is 1. The van der Waals surface area contributed by atoms with Gasteiger partial charge in [-0.25, -0.2) is 9.97 Å². The van der Waals surface area contributed by atoms with Crippen LogP contribution >= 0.6 is 23.3 Å². The highest BCUT2D eigenvalue weighted by molar-refractivity contribution is 8.00. The van der Waals surface area contributed by atoms with E-state index in [2.05, 4.69) is 14.3 Å². The summed E-state index contributed by atoms with van der Waals surface area (Å²) < 4.78 is 5.19. The Balaban J connectivity index is 2.20. The normalized spacial score (nSPS) is 10.8. The van der Waals surface area contributed by atoms with Crippen molar-refractivity contribution in [1.82, 2.24) is 14.3 Å². The van der Waals surface area contributed by atoms with Crippen LogP contribution in [0.3, 0.4) is 0 Å². The van der Waals surface area contributed by atoms with Crippen molar-refractivity contribution in [1.29, 1.82) is 0 Å². The van der Waals surface area contributed by atoms with Gasteiger partial charge in [-0.15, -0.1) is 0 Å². The van der Waals surface area contributed by atoms with E-state index in [1.165, 1.54) is 11.5 Å². The first-order chi connectivity index (χ1) is 8.21. The summed E-state index contributed by atoms with van der Waals surface area (Å²) in [6, 6.07) is 4.01. The standard InChI is InChI=1S/C11H14N4S2/c1-3-9-14-11(17-15-9)16-10-5-8(6-12)4-7(2)13-10/h4-5H,3,6,12H2,1-2H3. The minimum Gasteiger partial charge on any atom is -0.326 e. The fourth-order valence-corrected chi connectivity index (χ4v) is 3.14. The van der Waals surface area contributed by atoms with Gasteiger partial charge in [0, 0.05) is 18.7 Å².